The first kappa shape index (κ1) is 11.1. The average Bonchev–Trinajstić information content (AvgIpc) is 1.94. The molecule has 0 amide bonds. The van der Waals surface area contributed by atoms with Crippen molar-refractivity contribution in [3.8, 4) is 5.75 Å². The Morgan fingerprint density at radius 2 is 1.92 bits per heavy atom. The Bertz CT molecular complexity index is 309. The van der Waals surface area contributed by atoms with Crippen molar-refractivity contribution in [3.63, 3.8) is 0 Å². The summed E-state index contributed by atoms with van der Waals surface area (Å²) in [6.07, 6.45) is 0. The zero-order valence-corrected chi connectivity index (χ0v) is 11.2. The van der Waals surface area contributed by atoms with Crippen molar-refractivity contribution in [1.29, 1.82) is 0 Å². The maximum absolute atomic E-state index is 5.86. The molecule has 0 aliphatic rings. The molecule has 0 aliphatic heterocycles. The summed E-state index contributed by atoms with van der Waals surface area (Å²) < 4.78 is 6.78. The first-order valence-corrected chi connectivity index (χ1v) is 8.60. The van der Waals surface area contributed by atoms with E-state index in [2.05, 4.69) is 35.6 Å². The van der Waals surface area contributed by atoms with Gasteiger partial charge in [-0.05, 0) is 53.8 Å². The van der Waals surface area contributed by atoms with Crippen LogP contribution in [0.4, 0.5) is 0 Å². The van der Waals surface area contributed by atoms with E-state index in [9.17, 15) is 0 Å². The molecule has 0 N–H and O–H groups in total. The molecule has 0 aliphatic carbocycles. The summed E-state index contributed by atoms with van der Waals surface area (Å²) in [5, 5.41) is 0.705. The Morgan fingerprint density at radius 1 is 1.31 bits per heavy atom. The third kappa shape index (κ3) is 3.71. The molecule has 0 bridgehead atoms. The van der Waals surface area contributed by atoms with E-state index in [4.69, 9.17) is 16.0 Å². The van der Waals surface area contributed by atoms with Gasteiger partial charge in [-0.1, -0.05) is 11.6 Å². The van der Waals surface area contributed by atoms with Gasteiger partial charge in [-0.25, -0.2) is 0 Å². The van der Waals surface area contributed by atoms with E-state index >= 15 is 0 Å². The van der Waals surface area contributed by atoms with Crippen molar-refractivity contribution in [3.05, 3.63) is 27.7 Å². The average molecular weight is 280 g/mol. The second kappa shape index (κ2) is 4.03. The van der Waals surface area contributed by atoms with Gasteiger partial charge in [0, 0.05) is 5.02 Å². The molecule has 0 aromatic heterocycles. The van der Waals surface area contributed by atoms with Crippen molar-refractivity contribution < 1.29 is 4.43 Å². The Kier molecular flexibility index (Phi) is 3.43. The van der Waals surface area contributed by atoms with E-state index in [0.29, 0.717) is 5.02 Å². The molecule has 0 unspecified atom stereocenters. The minimum Gasteiger partial charge on any atom is -0.544 e. The van der Waals surface area contributed by atoms with E-state index in [1.54, 1.807) is 0 Å². The second-order valence-corrected chi connectivity index (χ2v) is 9.51. The molecule has 1 rings (SSSR count). The van der Waals surface area contributed by atoms with Crippen LogP contribution in [0.5, 0.6) is 5.75 Å². The topological polar surface area (TPSA) is 9.23 Å². The molecule has 72 valence electrons. The highest BCUT2D eigenvalue weighted by Gasteiger charge is 2.17. The molecular weight excluding hydrogens is 268 g/mol. The highest BCUT2D eigenvalue weighted by molar-refractivity contribution is 9.10. The van der Waals surface area contributed by atoms with Gasteiger partial charge in [-0.3, -0.25) is 0 Å². The highest BCUT2D eigenvalue weighted by Crippen LogP contribution is 2.29. The first-order valence-electron chi connectivity index (χ1n) is 4.02. The molecule has 1 aromatic rings. The van der Waals surface area contributed by atoms with Crippen LogP contribution in [0.25, 0.3) is 0 Å². The van der Waals surface area contributed by atoms with Crippen LogP contribution in [0.1, 0.15) is 0 Å². The fourth-order valence-electron chi connectivity index (χ4n) is 0.885. The molecule has 0 radical (unpaired) electrons. The van der Waals surface area contributed by atoms with Crippen LogP contribution in [-0.4, -0.2) is 8.32 Å². The summed E-state index contributed by atoms with van der Waals surface area (Å²) in [6.45, 7) is 6.42. The molecule has 1 aromatic carbocycles. The zero-order chi connectivity index (χ0) is 10.1. The Hall–Kier alpha value is 0.00688. The minimum atomic E-state index is -1.54. The lowest BCUT2D eigenvalue weighted by Crippen LogP contribution is -2.29. The molecule has 0 heterocycles. The number of rotatable bonds is 2. The SMILES string of the molecule is C[Si](C)(C)Oc1cc(Cl)ccc1Br. The maximum Gasteiger partial charge on any atom is 0.242 e. The van der Waals surface area contributed by atoms with Crippen molar-refractivity contribution in [1.82, 2.24) is 0 Å². The quantitative estimate of drug-likeness (QED) is 0.733. The number of hydrogen-bond acceptors (Lipinski definition) is 1. The summed E-state index contributed by atoms with van der Waals surface area (Å²) >= 11 is 9.28. The molecule has 0 spiro atoms. The maximum atomic E-state index is 5.86. The number of benzene rings is 1. The van der Waals surface area contributed by atoms with Gasteiger partial charge in [0.05, 0.1) is 4.47 Å². The van der Waals surface area contributed by atoms with Gasteiger partial charge in [-0.2, -0.15) is 0 Å². The minimum absolute atomic E-state index is 0.705. The van der Waals surface area contributed by atoms with Crippen LogP contribution in [0, 0.1) is 0 Å². The highest BCUT2D eigenvalue weighted by atomic mass is 79.9. The van der Waals surface area contributed by atoms with Gasteiger partial charge in [-0.15, -0.1) is 0 Å². The van der Waals surface area contributed by atoms with Gasteiger partial charge in [0.15, 0.2) is 0 Å². The fourth-order valence-corrected chi connectivity index (χ4v) is 2.35. The van der Waals surface area contributed by atoms with Gasteiger partial charge < -0.3 is 4.43 Å². The van der Waals surface area contributed by atoms with Gasteiger partial charge in [0.25, 0.3) is 0 Å². The summed E-state index contributed by atoms with van der Waals surface area (Å²) in [6, 6.07) is 5.57. The van der Waals surface area contributed by atoms with Gasteiger partial charge in [0.2, 0.25) is 8.32 Å². The van der Waals surface area contributed by atoms with Crippen LogP contribution >= 0.6 is 27.5 Å². The van der Waals surface area contributed by atoms with E-state index in [1.807, 2.05) is 18.2 Å². The largest absolute Gasteiger partial charge is 0.544 e. The zero-order valence-electron chi connectivity index (χ0n) is 7.90. The van der Waals surface area contributed by atoms with Crippen molar-refractivity contribution in [2.24, 2.45) is 0 Å². The molecule has 0 saturated heterocycles. The Labute approximate surface area is 93.3 Å². The predicted octanol–water partition coefficient (Wildman–Crippen LogP) is 4.32. The molecule has 13 heavy (non-hydrogen) atoms. The van der Waals surface area contributed by atoms with Gasteiger partial charge >= 0.3 is 0 Å². The van der Waals surface area contributed by atoms with Crippen LogP contribution < -0.4 is 4.43 Å². The lowest BCUT2D eigenvalue weighted by atomic mass is 10.3. The Morgan fingerprint density at radius 3 is 2.46 bits per heavy atom. The van der Waals surface area contributed by atoms with Crippen LogP contribution in [0.15, 0.2) is 22.7 Å². The third-order valence-electron chi connectivity index (χ3n) is 1.31. The molecule has 0 saturated carbocycles. The monoisotopic (exact) mass is 278 g/mol. The lowest BCUT2D eigenvalue weighted by molar-refractivity contribution is 0.554. The van der Waals surface area contributed by atoms with E-state index < -0.39 is 8.32 Å². The fraction of sp³-hybridized carbons (Fsp3) is 0.333. The lowest BCUT2D eigenvalue weighted by Gasteiger charge is -2.20. The number of hydrogen-bond donors (Lipinski definition) is 0. The molecule has 4 heteroatoms. The van der Waals surface area contributed by atoms with Crippen LogP contribution in [0.3, 0.4) is 0 Å². The van der Waals surface area contributed by atoms with E-state index in [-0.39, 0.29) is 0 Å². The standard InChI is InChI=1S/C9H12BrClOSi/c1-13(2,3)12-9-6-7(11)4-5-8(9)10/h4-6H,1-3H3. The van der Waals surface area contributed by atoms with Crippen LogP contribution in [0.2, 0.25) is 24.7 Å². The first-order chi connectivity index (χ1) is 5.88. The van der Waals surface area contributed by atoms with Crippen molar-refractivity contribution in [2.45, 2.75) is 19.6 Å². The summed E-state index contributed by atoms with van der Waals surface area (Å²) in [5.41, 5.74) is 0. The van der Waals surface area contributed by atoms with Crippen molar-refractivity contribution in [2.75, 3.05) is 0 Å². The third-order valence-corrected chi connectivity index (χ3v) is 3.03. The smallest absolute Gasteiger partial charge is 0.242 e. The number of halogens is 2. The summed E-state index contributed by atoms with van der Waals surface area (Å²) in [7, 11) is -1.54. The molecular formula is C9H12BrClOSi. The summed E-state index contributed by atoms with van der Waals surface area (Å²) in [5.74, 6) is 0.840. The van der Waals surface area contributed by atoms with E-state index in [1.165, 1.54) is 0 Å². The molecule has 0 atom stereocenters. The molecule has 0 fully saturated rings. The Balaban J connectivity index is 2.94. The summed E-state index contributed by atoms with van der Waals surface area (Å²) in [4.78, 5) is 0. The molecule has 1 nitrogen and oxygen atoms in total. The van der Waals surface area contributed by atoms with Gasteiger partial charge in [0.1, 0.15) is 5.75 Å². The predicted molar refractivity (Wildman–Crippen MR) is 63.1 cm³/mol. The second-order valence-electron chi connectivity index (χ2n) is 3.79. The van der Waals surface area contributed by atoms with Crippen molar-refractivity contribution >= 4 is 35.8 Å². The van der Waals surface area contributed by atoms with E-state index in [0.717, 1.165) is 10.2 Å². The normalized spacial score (nSPS) is 11.5. The van der Waals surface area contributed by atoms with Crippen LogP contribution in [-0.2, 0) is 0 Å².